The van der Waals surface area contributed by atoms with Gasteiger partial charge >= 0.3 is 0 Å². The third kappa shape index (κ3) is 1.79. The van der Waals surface area contributed by atoms with Crippen molar-refractivity contribution in [3.8, 4) is 17.1 Å². The van der Waals surface area contributed by atoms with Crippen LogP contribution in [-0.2, 0) is 0 Å². The first-order chi connectivity index (χ1) is 8.76. The lowest BCUT2D eigenvalue weighted by Gasteiger charge is -2.01. The molecule has 0 aliphatic heterocycles. The quantitative estimate of drug-likeness (QED) is 0.753. The molecule has 1 N–H and O–H groups in total. The number of hydrogen-bond acceptors (Lipinski definition) is 3. The van der Waals surface area contributed by atoms with Crippen LogP contribution in [0.5, 0.6) is 5.75 Å². The fourth-order valence-electron chi connectivity index (χ4n) is 1.78. The molecule has 0 fully saturated rings. The van der Waals surface area contributed by atoms with Crippen LogP contribution < -0.4 is 4.74 Å². The summed E-state index contributed by atoms with van der Waals surface area (Å²) in [4.78, 5) is 11.3. The molecule has 2 aromatic heterocycles. The highest BCUT2D eigenvalue weighted by Crippen LogP contribution is 2.23. The van der Waals surface area contributed by atoms with E-state index in [1.807, 2.05) is 24.3 Å². The summed E-state index contributed by atoms with van der Waals surface area (Å²) in [5, 5.41) is 0. The van der Waals surface area contributed by atoms with Gasteiger partial charge in [-0.1, -0.05) is 12.1 Å². The molecule has 0 unspecified atom stereocenters. The van der Waals surface area contributed by atoms with Gasteiger partial charge in [-0.15, -0.1) is 0 Å². The summed E-state index contributed by atoms with van der Waals surface area (Å²) < 4.78 is 18.2. The number of pyridine rings is 1. The summed E-state index contributed by atoms with van der Waals surface area (Å²) >= 11 is 0. The van der Waals surface area contributed by atoms with Gasteiger partial charge in [-0.2, -0.15) is 0 Å². The lowest BCUT2D eigenvalue weighted by Crippen LogP contribution is -1.84. The van der Waals surface area contributed by atoms with Crippen molar-refractivity contribution in [3.05, 3.63) is 42.3 Å². The Labute approximate surface area is 102 Å². The minimum Gasteiger partial charge on any atom is -0.497 e. The van der Waals surface area contributed by atoms with Crippen molar-refractivity contribution in [2.45, 2.75) is 0 Å². The van der Waals surface area contributed by atoms with Crippen LogP contribution in [0, 0.1) is 5.82 Å². The molecule has 0 saturated carbocycles. The van der Waals surface area contributed by atoms with Crippen LogP contribution in [0.4, 0.5) is 4.39 Å². The molecule has 0 spiro atoms. The summed E-state index contributed by atoms with van der Waals surface area (Å²) in [6.07, 6.45) is 1.15. The Hall–Kier alpha value is -2.43. The fraction of sp³-hybridized carbons (Fsp3) is 0.0769. The van der Waals surface area contributed by atoms with E-state index in [4.69, 9.17) is 4.74 Å². The molecule has 1 aromatic carbocycles. The minimum atomic E-state index is -0.386. The van der Waals surface area contributed by atoms with Crippen LogP contribution in [0.1, 0.15) is 0 Å². The van der Waals surface area contributed by atoms with Crippen LogP contribution in [0.2, 0.25) is 0 Å². The van der Waals surface area contributed by atoms with Gasteiger partial charge in [0.05, 0.1) is 18.8 Å². The fourth-order valence-corrected chi connectivity index (χ4v) is 1.78. The first-order valence-corrected chi connectivity index (χ1v) is 5.42. The molecule has 0 aliphatic rings. The van der Waals surface area contributed by atoms with E-state index in [1.165, 1.54) is 6.07 Å². The number of H-pyrrole nitrogens is 1. The Kier molecular flexibility index (Phi) is 2.44. The molecule has 4 nitrogen and oxygen atoms in total. The largest absolute Gasteiger partial charge is 0.497 e. The third-order valence-corrected chi connectivity index (χ3v) is 2.65. The maximum Gasteiger partial charge on any atom is 0.178 e. The smallest absolute Gasteiger partial charge is 0.178 e. The predicted molar refractivity (Wildman–Crippen MR) is 65.8 cm³/mol. The average molecular weight is 243 g/mol. The zero-order valence-electron chi connectivity index (χ0n) is 9.64. The van der Waals surface area contributed by atoms with Crippen molar-refractivity contribution in [1.82, 2.24) is 15.0 Å². The molecular formula is C13H10FN3O. The number of imidazole rings is 1. The highest BCUT2D eigenvalue weighted by molar-refractivity contribution is 5.75. The Bertz CT molecular complexity index is 708. The molecule has 0 aliphatic carbocycles. The monoisotopic (exact) mass is 243 g/mol. The zero-order valence-corrected chi connectivity index (χ0v) is 9.64. The Morgan fingerprint density at radius 1 is 1.28 bits per heavy atom. The summed E-state index contributed by atoms with van der Waals surface area (Å²) in [5.74, 6) is 0.998. The van der Waals surface area contributed by atoms with Gasteiger partial charge in [0.2, 0.25) is 0 Å². The highest BCUT2D eigenvalue weighted by atomic mass is 19.1. The number of ether oxygens (including phenoxy) is 1. The molecule has 0 radical (unpaired) electrons. The number of nitrogens with zero attached hydrogens (tertiary/aromatic N) is 2. The molecule has 3 aromatic rings. The van der Waals surface area contributed by atoms with Crippen molar-refractivity contribution in [2.24, 2.45) is 0 Å². The minimum absolute atomic E-state index is 0.386. The molecular weight excluding hydrogens is 233 g/mol. The number of rotatable bonds is 2. The van der Waals surface area contributed by atoms with E-state index in [2.05, 4.69) is 15.0 Å². The molecule has 0 amide bonds. The predicted octanol–water partition coefficient (Wildman–Crippen LogP) is 2.77. The van der Waals surface area contributed by atoms with Crippen LogP contribution in [0.15, 0.2) is 36.5 Å². The van der Waals surface area contributed by atoms with Crippen LogP contribution in [0.25, 0.3) is 22.6 Å². The standard InChI is InChI=1S/C13H10FN3O/c1-18-10-4-2-3-8(5-10)12-16-11-6-9(14)7-15-13(11)17-12/h2-7H,1H3,(H,15,16,17). The first kappa shape index (κ1) is 10.7. The Balaban J connectivity index is 2.13. The number of halogens is 1. The molecule has 3 rings (SSSR count). The molecule has 0 atom stereocenters. The second kappa shape index (κ2) is 4.10. The van der Waals surface area contributed by atoms with Crippen molar-refractivity contribution >= 4 is 11.2 Å². The SMILES string of the molecule is COc1cccc(-c2nc3ncc(F)cc3[nH]2)c1. The number of methoxy groups -OCH3 is 1. The van der Waals surface area contributed by atoms with Crippen LogP contribution >= 0.6 is 0 Å². The van der Waals surface area contributed by atoms with Gasteiger partial charge in [0.15, 0.2) is 5.65 Å². The molecule has 0 saturated heterocycles. The van der Waals surface area contributed by atoms with Crippen LogP contribution in [0.3, 0.4) is 0 Å². The Morgan fingerprint density at radius 3 is 3.00 bits per heavy atom. The number of benzene rings is 1. The highest BCUT2D eigenvalue weighted by Gasteiger charge is 2.07. The summed E-state index contributed by atoms with van der Waals surface area (Å²) in [6.45, 7) is 0. The normalized spacial score (nSPS) is 10.8. The van der Waals surface area contributed by atoms with E-state index in [0.29, 0.717) is 17.0 Å². The lowest BCUT2D eigenvalue weighted by atomic mass is 10.2. The van der Waals surface area contributed by atoms with E-state index in [9.17, 15) is 4.39 Å². The molecule has 18 heavy (non-hydrogen) atoms. The van der Waals surface area contributed by atoms with Crippen molar-refractivity contribution in [1.29, 1.82) is 0 Å². The van der Waals surface area contributed by atoms with Gasteiger partial charge in [-0.25, -0.2) is 14.4 Å². The summed E-state index contributed by atoms with van der Waals surface area (Å²) in [5.41, 5.74) is 1.94. The van der Waals surface area contributed by atoms with Crippen molar-refractivity contribution < 1.29 is 9.13 Å². The van der Waals surface area contributed by atoms with Gasteiger partial charge in [-0.3, -0.25) is 0 Å². The molecule has 5 heteroatoms. The van der Waals surface area contributed by atoms with E-state index >= 15 is 0 Å². The number of aromatic amines is 1. The number of hydrogen-bond donors (Lipinski definition) is 1. The average Bonchev–Trinajstić information content (AvgIpc) is 2.81. The van der Waals surface area contributed by atoms with Gasteiger partial charge in [-0.05, 0) is 12.1 Å². The summed E-state index contributed by atoms with van der Waals surface area (Å²) in [7, 11) is 1.61. The van der Waals surface area contributed by atoms with E-state index < -0.39 is 0 Å². The number of fused-ring (bicyclic) bond motifs is 1. The Morgan fingerprint density at radius 2 is 2.17 bits per heavy atom. The topological polar surface area (TPSA) is 50.8 Å². The third-order valence-electron chi connectivity index (χ3n) is 2.65. The zero-order chi connectivity index (χ0) is 12.5. The molecule has 90 valence electrons. The van der Waals surface area contributed by atoms with Crippen molar-refractivity contribution in [2.75, 3.05) is 7.11 Å². The lowest BCUT2D eigenvalue weighted by molar-refractivity contribution is 0.415. The second-order valence-corrected chi connectivity index (χ2v) is 3.84. The van der Waals surface area contributed by atoms with Gasteiger partial charge < -0.3 is 9.72 Å². The molecule has 2 heterocycles. The van der Waals surface area contributed by atoms with E-state index in [1.54, 1.807) is 7.11 Å². The van der Waals surface area contributed by atoms with Crippen LogP contribution in [-0.4, -0.2) is 22.1 Å². The van der Waals surface area contributed by atoms with E-state index in [-0.39, 0.29) is 5.82 Å². The number of aromatic nitrogens is 3. The van der Waals surface area contributed by atoms with Gasteiger partial charge in [0.1, 0.15) is 17.4 Å². The first-order valence-electron chi connectivity index (χ1n) is 5.42. The maximum absolute atomic E-state index is 13.0. The van der Waals surface area contributed by atoms with Gasteiger partial charge in [0, 0.05) is 11.6 Å². The summed E-state index contributed by atoms with van der Waals surface area (Å²) in [6, 6.07) is 8.85. The maximum atomic E-state index is 13.0. The van der Waals surface area contributed by atoms with Crippen molar-refractivity contribution in [3.63, 3.8) is 0 Å². The van der Waals surface area contributed by atoms with E-state index in [0.717, 1.165) is 17.5 Å². The number of nitrogens with one attached hydrogen (secondary N) is 1. The molecule has 0 bridgehead atoms. The van der Waals surface area contributed by atoms with Gasteiger partial charge in [0.25, 0.3) is 0 Å². The second-order valence-electron chi connectivity index (χ2n) is 3.84.